The molecule has 2 fully saturated rings. The van der Waals surface area contributed by atoms with E-state index in [1.807, 2.05) is 12.1 Å². The second-order valence-electron chi connectivity index (χ2n) is 9.66. The number of aromatic nitrogens is 1. The molecule has 0 saturated carbocycles. The van der Waals surface area contributed by atoms with Crippen LogP contribution >= 0.6 is 22.9 Å². The summed E-state index contributed by atoms with van der Waals surface area (Å²) in [6.07, 6.45) is -1.31. The highest BCUT2D eigenvalue weighted by Gasteiger charge is 2.60. The third-order valence-corrected chi connectivity index (χ3v) is 7.71. The van der Waals surface area contributed by atoms with Crippen molar-refractivity contribution in [3.8, 4) is 0 Å². The average Bonchev–Trinajstić information content (AvgIpc) is 3.78. The van der Waals surface area contributed by atoms with Gasteiger partial charge in [0.2, 0.25) is 5.91 Å². The summed E-state index contributed by atoms with van der Waals surface area (Å²) in [5, 5.41) is 10.9. The fourth-order valence-electron chi connectivity index (χ4n) is 4.64. The topological polar surface area (TPSA) is 175 Å². The number of cyclic esters (lactones) is 1. The zero-order valence-corrected chi connectivity index (χ0v) is 25.2. The number of hydrogen-bond donors (Lipinski definition) is 2. The predicted octanol–water partition coefficient (Wildman–Crippen LogP) is 2.30. The van der Waals surface area contributed by atoms with Crippen molar-refractivity contribution in [1.29, 1.82) is 0 Å². The Labute approximate surface area is 265 Å². The Kier molecular flexibility index (Phi) is 9.71. The molecule has 2 aliphatic heterocycles. The molecule has 1 aromatic heterocycles. The predicted molar refractivity (Wildman–Crippen MR) is 159 cm³/mol. The van der Waals surface area contributed by atoms with Gasteiger partial charge in [0.05, 0.1) is 6.42 Å². The van der Waals surface area contributed by atoms with Gasteiger partial charge in [-0.1, -0.05) is 65.8 Å². The summed E-state index contributed by atoms with van der Waals surface area (Å²) < 4.78 is 11.4. The van der Waals surface area contributed by atoms with Crippen LogP contribution in [0.5, 0.6) is 0 Å². The number of esters is 2. The number of rotatable bonds is 11. The molecule has 3 heterocycles. The molecular formula is C29H26ClN5O9S. The number of hydroxylamine groups is 2. The minimum Gasteiger partial charge on any atom is -0.448 e. The third-order valence-electron chi connectivity index (χ3n) is 6.71. The Morgan fingerprint density at radius 1 is 1.13 bits per heavy atom. The smallest absolute Gasteiger partial charge is 0.376 e. The van der Waals surface area contributed by atoms with E-state index < -0.39 is 54.1 Å². The number of halogens is 1. The standard InChI is InChI=1S/C29H26ClN5O9S/c1-41-34-23(20-16-45-28(32-20)33-21(36)14-30)25(38)31-19-15-42-35(26(19)39)29(13-12-22(37)44-29)27(40)43-24(17-8-4-2-5-9-17)18-10-6-3-7-11-18/h2-11,16,19,24H,12-15H2,1H3,(H,31,38)(H,32,33,36)/b34-23-. The van der Waals surface area contributed by atoms with Gasteiger partial charge in [-0.15, -0.1) is 22.9 Å². The summed E-state index contributed by atoms with van der Waals surface area (Å²) in [6, 6.07) is 16.6. The lowest BCUT2D eigenvalue weighted by atomic mass is 10.0. The van der Waals surface area contributed by atoms with Crippen molar-refractivity contribution in [2.75, 3.05) is 24.9 Å². The molecule has 234 valence electrons. The molecule has 0 spiro atoms. The quantitative estimate of drug-likeness (QED) is 0.135. The third kappa shape index (κ3) is 6.79. The number of ether oxygens (including phenoxy) is 2. The minimum absolute atomic E-state index is 0.0464. The van der Waals surface area contributed by atoms with E-state index in [2.05, 4.69) is 20.8 Å². The van der Waals surface area contributed by atoms with Crippen LogP contribution in [0.25, 0.3) is 0 Å². The maximum Gasteiger partial charge on any atom is 0.376 e. The molecule has 2 unspecified atom stereocenters. The molecule has 2 aliphatic rings. The van der Waals surface area contributed by atoms with Gasteiger partial charge in [-0.05, 0) is 11.1 Å². The molecule has 0 aliphatic carbocycles. The van der Waals surface area contributed by atoms with E-state index in [1.165, 1.54) is 12.5 Å². The number of alkyl halides is 1. The minimum atomic E-state index is -2.23. The number of thiazole rings is 1. The average molecular weight is 656 g/mol. The number of anilines is 1. The van der Waals surface area contributed by atoms with Crippen LogP contribution in [0.2, 0.25) is 0 Å². The first-order valence-corrected chi connectivity index (χ1v) is 14.9. The number of nitrogens with one attached hydrogen (secondary N) is 2. The Balaban J connectivity index is 1.35. The number of benzene rings is 2. The van der Waals surface area contributed by atoms with Crippen LogP contribution in [-0.4, -0.2) is 76.8 Å². The van der Waals surface area contributed by atoms with Gasteiger partial charge in [-0.3, -0.25) is 24.0 Å². The molecule has 2 aromatic carbocycles. The molecule has 3 amide bonds. The molecule has 0 radical (unpaired) electrons. The van der Waals surface area contributed by atoms with Crippen LogP contribution in [0.4, 0.5) is 5.13 Å². The van der Waals surface area contributed by atoms with E-state index in [-0.39, 0.29) is 35.3 Å². The summed E-state index contributed by atoms with van der Waals surface area (Å²) in [5.74, 6) is -4.28. The first kappa shape index (κ1) is 31.6. The van der Waals surface area contributed by atoms with Gasteiger partial charge in [-0.25, -0.2) is 9.78 Å². The number of amides is 3. The van der Waals surface area contributed by atoms with Gasteiger partial charge in [0.25, 0.3) is 11.8 Å². The lowest BCUT2D eigenvalue weighted by Crippen LogP contribution is -2.57. The Morgan fingerprint density at radius 2 is 1.80 bits per heavy atom. The zero-order valence-electron chi connectivity index (χ0n) is 23.6. The van der Waals surface area contributed by atoms with Gasteiger partial charge in [0.1, 0.15) is 31.3 Å². The summed E-state index contributed by atoms with van der Waals surface area (Å²) in [7, 11) is 1.21. The summed E-state index contributed by atoms with van der Waals surface area (Å²) in [4.78, 5) is 79.1. The Morgan fingerprint density at radius 3 is 2.38 bits per heavy atom. The van der Waals surface area contributed by atoms with E-state index in [0.29, 0.717) is 16.2 Å². The Bertz CT molecular complexity index is 1580. The van der Waals surface area contributed by atoms with Crippen LogP contribution in [0.1, 0.15) is 35.8 Å². The van der Waals surface area contributed by atoms with Crippen molar-refractivity contribution in [2.24, 2.45) is 5.16 Å². The van der Waals surface area contributed by atoms with Crippen LogP contribution in [0.3, 0.4) is 0 Å². The van der Waals surface area contributed by atoms with Crippen molar-refractivity contribution in [1.82, 2.24) is 15.4 Å². The SMILES string of the molecule is CO/N=C(\C(=O)NC1CON(C2(C(=O)OC(c3ccccc3)c3ccccc3)CCC(=O)O2)C1=O)c1csc(NC(=O)CCl)n1. The van der Waals surface area contributed by atoms with Gasteiger partial charge in [0, 0.05) is 11.8 Å². The highest BCUT2D eigenvalue weighted by Crippen LogP contribution is 2.37. The maximum absolute atomic E-state index is 13.9. The number of carbonyl (C=O) groups is 5. The molecule has 14 nitrogen and oxygen atoms in total. The van der Waals surface area contributed by atoms with Crippen LogP contribution in [0, 0.1) is 0 Å². The van der Waals surface area contributed by atoms with Crippen molar-refractivity contribution < 1.29 is 43.1 Å². The summed E-state index contributed by atoms with van der Waals surface area (Å²) in [6.45, 7) is -0.397. The van der Waals surface area contributed by atoms with E-state index in [9.17, 15) is 24.0 Å². The molecule has 5 rings (SSSR count). The first-order valence-electron chi connectivity index (χ1n) is 13.5. The molecule has 0 bridgehead atoms. The fraction of sp³-hybridized carbons (Fsp3) is 0.276. The van der Waals surface area contributed by atoms with Gasteiger partial charge in [0.15, 0.2) is 16.9 Å². The van der Waals surface area contributed by atoms with Gasteiger partial charge >= 0.3 is 17.7 Å². The van der Waals surface area contributed by atoms with Crippen LogP contribution < -0.4 is 10.6 Å². The maximum atomic E-state index is 13.9. The fourth-order valence-corrected chi connectivity index (χ4v) is 5.42. The highest BCUT2D eigenvalue weighted by atomic mass is 35.5. The highest BCUT2D eigenvalue weighted by molar-refractivity contribution is 7.14. The lowest BCUT2D eigenvalue weighted by molar-refractivity contribution is -0.260. The van der Waals surface area contributed by atoms with Gasteiger partial charge in [-0.2, -0.15) is 5.06 Å². The zero-order chi connectivity index (χ0) is 32.0. The summed E-state index contributed by atoms with van der Waals surface area (Å²) >= 11 is 6.52. The second kappa shape index (κ2) is 13.8. The Hall–Kier alpha value is -4.86. The van der Waals surface area contributed by atoms with Gasteiger partial charge < -0.3 is 24.9 Å². The number of oxime groups is 1. The summed E-state index contributed by atoms with van der Waals surface area (Å²) in [5.41, 5.74) is -1.20. The van der Waals surface area contributed by atoms with Crippen molar-refractivity contribution in [3.05, 3.63) is 82.9 Å². The number of carbonyl (C=O) groups excluding carboxylic acids is 5. The molecule has 16 heteroatoms. The van der Waals surface area contributed by atoms with Crippen molar-refractivity contribution in [3.63, 3.8) is 0 Å². The molecule has 2 saturated heterocycles. The molecule has 2 N–H and O–H groups in total. The molecule has 2 atom stereocenters. The largest absolute Gasteiger partial charge is 0.448 e. The molecule has 45 heavy (non-hydrogen) atoms. The normalized spacial score (nSPS) is 19.8. The van der Waals surface area contributed by atoms with Crippen LogP contribution in [-0.2, 0) is 43.1 Å². The number of nitrogens with zero attached hydrogens (tertiary/aromatic N) is 3. The van der Waals surface area contributed by atoms with Crippen molar-refractivity contribution in [2.45, 2.75) is 30.7 Å². The van der Waals surface area contributed by atoms with E-state index in [1.54, 1.807) is 48.5 Å². The molecular weight excluding hydrogens is 630 g/mol. The number of hydrogen-bond acceptors (Lipinski definition) is 12. The first-order chi connectivity index (χ1) is 21.8. The molecule has 3 aromatic rings. The lowest BCUT2D eigenvalue weighted by Gasteiger charge is -2.34. The van der Waals surface area contributed by atoms with Crippen molar-refractivity contribution >= 4 is 63.4 Å². The van der Waals surface area contributed by atoms with E-state index >= 15 is 0 Å². The van der Waals surface area contributed by atoms with E-state index in [4.69, 9.17) is 30.7 Å². The van der Waals surface area contributed by atoms with Crippen LogP contribution in [0.15, 0.2) is 71.2 Å². The second-order valence-corrected chi connectivity index (χ2v) is 10.8. The monoisotopic (exact) mass is 655 g/mol. The van der Waals surface area contributed by atoms with E-state index in [0.717, 1.165) is 11.3 Å².